The number of nitrogens with zero attached hydrogens (tertiary/aromatic N) is 3. The molecule has 0 aliphatic carbocycles. The minimum absolute atomic E-state index is 0.0797. The molecular weight excluding hydrogens is 442 g/mol. The van der Waals surface area contributed by atoms with Gasteiger partial charge in [-0.25, -0.2) is 4.68 Å². The first-order valence-corrected chi connectivity index (χ1v) is 10.3. The Kier molecular flexibility index (Phi) is 6.94. The molecular formula is C19H20BrN5O2S. The molecule has 0 fully saturated rings. The molecule has 0 bridgehead atoms. The Bertz CT molecular complexity index is 946. The highest BCUT2D eigenvalue weighted by Crippen LogP contribution is 2.27. The molecule has 0 atom stereocenters. The Morgan fingerprint density at radius 1 is 1.21 bits per heavy atom. The van der Waals surface area contributed by atoms with Crippen LogP contribution in [0.4, 0.5) is 0 Å². The van der Waals surface area contributed by atoms with E-state index in [0.717, 1.165) is 27.8 Å². The topological polar surface area (TPSA) is 95.1 Å². The summed E-state index contributed by atoms with van der Waals surface area (Å²) in [6.45, 7) is 0.559. The van der Waals surface area contributed by atoms with E-state index in [0.29, 0.717) is 17.5 Å². The number of nitrogens with one attached hydrogen (secondary N) is 1. The van der Waals surface area contributed by atoms with Crippen molar-refractivity contribution in [3.8, 4) is 17.1 Å². The zero-order valence-electron chi connectivity index (χ0n) is 15.3. The molecule has 3 N–H and O–H groups in total. The molecule has 9 heteroatoms. The third kappa shape index (κ3) is 5.05. The predicted octanol–water partition coefficient (Wildman–Crippen LogP) is 2.88. The van der Waals surface area contributed by atoms with Gasteiger partial charge in [0.05, 0.1) is 12.9 Å². The molecule has 1 aromatic heterocycles. The first kappa shape index (κ1) is 20.2. The molecule has 3 rings (SSSR count). The summed E-state index contributed by atoms with van der Waals surface area (Å²) < 4.78 is 7.41. The van der Waals surface area contributed by atoms with Crippen molar-refractivity contribution in [2.45, 2.75) is 11.6 Å². The van der Waals surface area contributed by atoms with Crippen LogP contribution in [0.15, 0.2) is 58.2 Å². The van der Waals surface area contributed by atoms with Gasteiger partial charge >= 0.3 is 0 Å². The largest absolute Gasteiger partial charge is 0.497 e. The van der Waals surface area contributed by atoms with Crippen LogP contribution in [0, 0.1) is 0 Å². The van der Waals surface area contributed by atoms with Gasteiger partial charge in [-0.1, -0.05) is 52.0 Å². The van der Waals surface area contributed by atoms with Crippen LogP contribution in [0.1, 0.15) is 5.56 Å². The number of rotatable bonds is 8. The van der Waals surface area contributed by atoms with Gasteiger partial charge in [-0.2, -0.15) is 0 Å². The molecule has 2 aromatic carbocycles. The van der Waals surface area contributed by atoms with Gasteiger partial charge in [0, 0.05) is 16.6 Å². The highest BCUT2D eigenvalue weighted by Gasteiger charge is 2.15. The van der Waals surface area contributed by atoms with Crippen LogP contribution in [0.2, 0.25) is 0 Å². The molecule has 0 radical (unpaired) electrons. The fourth-order valence-corrected chi connectivity index (χ4v) is 3.67. The predicted molar refractivity (Wildman–Crippen MR) is 114 cm³/mol. The van der Waals surface area contributed by atoms with E-state index in [2.05, 4.69) is 31.4 Å². The van der Waals surface area contributed by atoms with Crippen molar-refractivity contribution in [1.82, 2.24) is 20.2 Å². The van der Waals surface area contributed by atoms with Crippen molar-refractivity contribution in [2.75, 3.05) is 25.3 Å². The van der Waals surface area contributed by atoms with E-state index < -0.39 is 0 Å². The number of carbonyl (C=O) groups excluding carboxylic acids is 1. The van der Waals surface area contributed by atoms with Crippen molar-refractivity contribution in [3.05, 3.63) is 58.6 Å². The maximum atomic E-state index is 12.1. The zero-order valence-corrected chi connectivity index (χ0v) is 17.7. The number of nitrogens with two attached hydrogens (primary N) is 1. The number of benzene rings is 2. The first-order chi connectivity index (χ1) is 13.6. The van der Waals surface area contributed by atoms with Crippen LogP contribution in [-0.2, 0) is 11.2 Å². The fraction of sp³-hybridized carbons (Fsp3) is 0.211. The third-order valence-corrected chi connectivity index (χ3v) is 5.64. The molecule has 0 aliphatic heterocycles. The van der Waals surface area contributed by atoms with Crippen molar-refractivity contribution >= 4 is 33.6 Å². The van der Waals surface area contributed by atoms with Gasteiger partial charge in [-0.15, -0.1) is 10.2 Å². The minimum atomic E-state index is -0.0797. The van der Waals surface area contributed by atoms with Crippen LogP contribution in [0.3, 0.4) is 0 Å². The highest BCUT2D eigenvalue weighted by atomic mass is 79.9. The van der Waals surface area contributed by atoms with E-state index in [4.69, 9.17) is 10.6 Å². The molecule has 0 spiro atoms. The van der Waals surface area contributed by atoms with Crippen LogP contribution in [0.5, 0.6) is 5.75 Å². The molecule has 1 amide bonds. The lowest BCUT2D eigenvalue weighted by Crippen LogP contribution is -2.27. The van der Waals surface area contributed by atoms with E-state index in [1.165, 1.54) is 16.4 Å². The number of amides is 1. The van der Waals surface area contributed by atoms with Gasteiger partial charge in [-0.3, -0.25) is 4.79 Å². The number of hydrogen-bond donors (Lipinski definition) is 2. The number of aromatic nitrogens is 3. The first-order valence-electron chi connectivity index (χ1n) is 8.56. The fourth-order valence-electron chi connectivity index (χ4n) is 2.52. The molecule has 0 unspecified atom stereocenters. The molecule has 7 nitrogen and oxygen atoms in total. The van der Waals surface area contributed by atoms with Crippen LogP contribution >= 0.6 is 27.7 Å². The van der Waals surface area contributed by atoms with Gasteiger partial charge in [0.15, 0.2) is 5.82 Å². The van der Waals surface area contributed by atoms with Gasteiger partial charge in [0.25, 0.3) is 0 Å². The van der Waals surface area contributed by atoms with E-state index in [1.807, 2.05) is 48.5 Å². The number of carbonyl (C=O) groups is 1. The van der Waals surface area contributed by atoms with Crippen molar-refractivity contribution in [2.24, 2.45) is 0 Å². The maximum absolute atomic E-state index is 12.1. The second-order valence-electron chi connectivity index (χ2n) is 5.89. The lowest BCUT2D eigenvalue weighted by atomic mass is 10.1. The summed E-state index contributed by atoms with van der Waals surface area (Å²) in [7, 11) is 1.64. The summed E-state index contributed by atoms with van der Waals surface area (Å²) in [5.74, 6) is 7.59. The van der Waals surface area contributed by atoms with Gasteiger partial charge in [0.2, 0.25) is 11.1 Å². The molecule has 0 saturated carbocycles. The minimum Gasteiger partial charge on any atom is -0.497 e. The molecule has 0 saturated heterocycles. The summed E-state index contributed by atoms with van der Waals surface area (Å²) in [4.78, 5) is 12.1. The Balaban J connectivity index is 1.49. The van der Waals surface area contributed by atoms with Crippen LogP contribution < -0.4 is 15.9 Å². The van der Waals surface area contributed by atoms with E-state index in [1.54, 1.807) is 7.11 Å². The van der Waals surface area contributed by atoms with Gasteiger partial charge < -0.3 is 15.9 Å². The SMILES string of the molecule is COc1ccc(CCNC(=O)CSc2nnc(-c3ccccc3Br)n2N)cc1. The lowest BCUT2D eigenvalue weighted by molar-refractivity contribution is -0.118. The number of hydrogen-bond acceptors (Lipinski definition) is 6. The van der Waals surface area contributed by atoms with Gasteiger partial charge in [0.1, 0.15) is 5.75 Å². The summed E-state index contributed by atoms with van der Waals surface area (Å²) >= 11 is 4.73. The van der Waals surface area contributed by atoms with E-state index in [9.17, 15) is 4.79 Å². The number of halogens is 1. The van der Waals surface area contributed by atoms with Gasteiger partial charge in [-0.05, 0) is 36.2 Å². The van der Waals surface area contributed by atoms with Crippen LogP contribution in [-0.4, -0.2) is 40.2 Å². The van der Waals surface area contributed by atoms with E-state index >= 15 is 0 Å². The quantitative estimate of drug-likeness (QED) is 0.395. The monoisotopic (exact) mass is 461 g/mol. The number of ether oxygens (including phenoxy) is 1. The number of thioether (sulfide) groups is 1. The second-order valence-corrected chi connectivity index (χ2v) is 7.69. The Morgan fingerprint density at radius 2 is 1.96 bits per heavy atom. The zero-order chi connectivity index (χ0) is 19.9. The van der Waals surface area contributed by atoms with Crippen molar-refractivity contribution < 1.29 is 9.53 Å². The molecule has 3 aromatic rings. The Labute approximate surface area is 175 Å². The molecule has 28 heavy (non-hydrogen) atoms. The normalized spacial score (nSPS) is 10.6. The highest BCUT2D eigenvalue weighted by molar-refractivity contribution is 9.10. The average molecular weight is 462 g/mol. The summed E-state index contributed by atoms with van der Waals surface area (Å²) in [5.41, 5.74) is 1.97. The lowest BCUT2D eigenvalue weighted by Gasteiger charge is -2.07. The third-order valence-electron chi connectivity index (χ3n) is 4.01. The number of nitrogen functional groups attached to an aromatic ring is 1. The molecule has 146 valence electrons. The summed E-state index contributed by atoms with van der Waals surface area (Å²) in [5, 5.41) is 11.6. The van der Waals surface area contributed by atoms with Crippen molar-refractivity contribution in [3.63, 3.8) is 0 Å². The molecule has 0 aliphatic rings. The Hall–Kier alpha value is -2.52. The maximum Gasteiger partial charge on any atom is 0.230 e. The standard InChI is InChI=1S/C19H20BrN5O2S/c1-27-14-8-6-13(7-9-14)10-11-22-17(26)12-28-19-24-23-18(25(19)21)15-4-2-3-5-16(15)20/h2-9H,10-12,21H2,1H3,(H,22,26). The second kappa shape index (κ2) is 9.61. The van der Waals surface area contributed by atoms with Crippen LogP contribution in [0.25, 0.3) is 11.4 Å². The summed E-state index contributed by atoms with van der Waals surface area (Å²) in [6.07, 6.45) is 0.750. The number of methoxy groups -OCH3 is 1. The molecule has 1 heterocycles. The van der Waals surface area contributed by atoms with Crippen molar-refractivity contribution in [1.29, 1.82) is 0 Å². The average Bonchev–Trinajstić information content (AvgIpc) is 3.07. The summed E-state index contributed by atoms with van der Waals surface area (Å²) in [6, 6.07) is 15.4. The smallest absolute Gasteiger partial charge is 0.230 e. The van der Waals surface area contributed by atoms with E-state index in [-0.39, 0.29) is 11.7 Å². The Morgan fingerprint density at radius 3 is 2.68 bits per heavy atom.